The highest BCUT2D eigenvalue weighted by Crippen LogP contribution is 2.21. The van der Waals surface area contributed by atoms with Crippen LogP contribution in [0.15, 0.2) is 47.5 Å². The second kappa shape index (κ2) is 7.20. The highest BCUT2D eigenvalue weighted by Gasteiger charge is 2.07. The van der Waals surface area contributed by atoms with Crippen molar-refractivity contribution < 1.29 is 9.53 Å². The third-order valence-corrected chi connectivity index (χ3v) is 4.91. The molecule has 1 amide bonds. The molecule has 6 heteroatoms. The van der Waals surface area contributed by atoms with E-state index in [-0.39, 0.29) is 12.3 Å². The molecule has 0 saturated heterocycles. The highest BCUT2D eigenvalue weighted by atomic mass is 35.5. The fourth-order valence-electron chi connectivity index (χ4n) is 2.41. The summed E-state index contributed by atoms with van der Waals surface area (Å²) in [5, 5.41) is 0.677. The molecule has 0 spiro atoms. The van der Waals surface area contributed by atoms with Crippen LogP contribution in [0.4, 0.5) is 0 Å². The first-order valence-corrected chi connectivity index (χ1v) is 8.80. The predicted octanol–water partition coefficient (Wildman–Crippen LogP) is 3.96. The maximum atomic E-state index is 12.3. The minimum Gasteiger partial charge on any atom is -0.494 e. The van der Waals surface area contributed by atoms with Crippen LogP contribution in [0, 0.1) is 0 Å². The molecule has 1 aromatic heterocycles. The number of fused-ring (bicyclic) bond motifs is 1. The Morgan fingerprint density at radius 2 is 2.00 bits per heavy atom. The van der Waals surface area contributed by atoms with E-state index in [0.717, 1.165) is 21.5 Å². The van der Waals surface area contributed by atoms with Crippen molar-refractivity contribution in [3.05, 3.63) is 57.9 Å². The number of aryl methyl sites for hydroxylation is 1. The first kappa shape index (κ1) is 16.7. The van der Waals surface area contributed by atoms with Crippen LogP contribution in [-0.4, -0.2) is 17.1 Å². The number of rotatable bonds is 4. The molecule has 0 atom stereocenters. The molecule has 0 N–H and O–H groups in total. The monoisotopic (exact) mass is 360 g/mol. The Kier molecular flexibility index (Phi) is 5.02. The Morgan fingerprint density at radius 1 is 1.25 bits per heavy atom. The lowest BCUT2D eigenvalue weighted by molar-refractivity contribution is -0.117. The van der Waals surface area contributed by atoms with Gasteiger partial charge in [0, 0.05) is 12.1 Å². The molecule has 0 saturated carbocycles. The van der Waals surface area contributed by atoms with Crippen molar-refractivity contribution in [3.8, 4) is 5.75 Å². The van der Waals surface area contributed by atoms with Crippen LogP contribution in [0.1, 0.15) is 12.5 Å². The first-order chi connectivity index (χ1) is 11.6. The van der Waals surface area contributed by atoms with E-state index in [9.17, 15) is 4.79 Å². The van der Waals surface area contributed by atoms with Crippen molar-refractivity contribution in [3.63, 3.8) is 0 Å². The SMILES string of the molecule is CCOc1ccc(CC(=O)N=c2sc3cc(Cl)ccc3n2C)cc1. The average Bonchev–Trinajstić information content (AvgIpc) is 2.85. The van der Waals surface area contributed by atoms with Crippen LogP contribution >= 0.6 is 22.9 Å². The summed E-state index contributed by atoms with van der Waals surface area (Å²) < 4.78 is 8.32. The van der Waals surface area contributed by atoms with Gasteiger partial charge in [-0.1, -0.05) is 35.1 Å². The van der Waals surface area contributed by atoms with Gasteiger partial charge in [0.1, 0.15) is 5.75 Å². The van der Waals surface area contributed by atoms with Crippen LogP contribution in [0.5, 0.6) is 5.75 Å². The summed E-state index contributed by atoms with van der Waals surface area (Å²) in [6, 6.07) is 13.2. The number of benzene rings is 2. The summed E-state index contributed by atoms with van der Waals surface area (Å²) in [6.45, 7) is 2.56. The number of carbonyl (C=O) groups excluding carboxylic acids is 1. The zero-order valence-corrected chi connectivity index (χ0v) is 15.0. The maximum Gasteiger partial charge on any atom is 0.252 e. The molecule has 0 aliphatic heterocycles. The molecular formula is C18H17ClN2O2S. The van der Waals surface area contributed by atoms with E-state index in [2.05, 4.69) is 4.99 Å². The molecule has 124 valence electrons. The van der Waals surface area contributed by atoms with Crippen molar-refractivity contribution >= 4 is 39.1 Å². The number of aromatic nitrogens is 1. The third kappa shape index (κ3) is 3.68. The van der Waals surface area contributed by atoms with Crippen molar-refractivity contribution in [1.82, 2.24) is 4.57 Å². The summed E-state index contributed by atoms with van der Waals surface area (Å²) in [7, 11) is 1.90. The Labute approximate surface area is 149 Å². The zero-order valence-electron chi connectivity index (χ0n) is 13.5. The van der Waals surface area contributed by atoms with E-state index in [1.807, 2.05) is 61.0 Å². The average molecular weight is 361 g/mol. The molecule has 0 aliphatic rings. The largest absolute Gasteiger partial charge is 0.494 e. The van der Waals surface area contributed by atoms with E-state index in [1.165, 1.54) is 11.3 Å². The van der Waals surface area contributed by atoms with E-state index in [0.29, 0.717) is 16.4 Å². The molecule has 0 fully saturated rings. The number of thiazole rings is 1. The molecule has 0 radical (unpaired) electrons. The normalized spacial score (nSPS) is 11.9. The van der Waals surface area contributed by atoms with Crippen LogP contribution in [-0.2, 0) is 18.3 Å². The Morgan fingerprint density at radius 3 is 2.71 bits per heavy atom. The summed E-state index contributed by atoms with van der Waals surface area (Å²) in [5.41, 5.74) is 1.93. The van der Waals surface area contributed by atoms with Gasteiger partial charge in [-0.05, 0) is 42.8 Å². The molecule has 24 heavy (non-hydrogen) atoms. The number of carbonyl (C=O) groups is 1. The number of nitrogens with zero attached hydrogens (tertiary/aromatic N) is 2. The second-order valence-corrected chi connectivity index (χ2v) is 6.76. The molecule has 0 unspecified atom stereocenters. The van der Waals surface area contributed by atoms with Gasteiger partial charge < -0.3 is 9.30 Å². The number of ether oxygens (including phenoxy) is 1. The van der Waals surface area contributed by atoms with E-state index in [1.54, 1.807) is 0 Å². The first-order valence-electron chi connectivity index (χ1n) is 7.61. The van der Waals surface area contributed by atoms with Gasteiger partial charge in [-0.3, -0.25) is 4.79 Å². The highest BCUT2D eigenvalue weighted by molar-refractivity contribution is 7.16. The van der Waals surface area contributed by atoms with Crippen LogP contribution in [0.25, 0.3) is 10.2 Å². The molecule has 3 aromatic rings. The van der Waals surface area contributed by atoms with Gasteiger partial charge in [-0.15, -0.1) is 0 Å². The molecule has 0 aliphatic carbocycles. The minimum absolute atomic E-state index is 0.174. The smallest absolute Gasteiger partial charge is 0.252 e. The standard InChI is InChI=1S/C18H17ClN2O2S/c1-3-23-14-7-4-12(5-8-14)10-17(22)20-18-21(2)15-9-6-13(19)11-16(15)24-18/h4-9,11H,3,10H2,1-2H3. The summed E-state index contributed by atoms with van der Waals surface area (Å²) in [5.74, 6) is 0.630. The summed E-state index contributed by atoms with van der Waals surface area (Å²) in [4.78, 5) is 17.2. The van der Waals surface area contributed by atoms with Gasteiger partial charge in [0.25, 0.3) is 5.91 Å². The zero-order chi connectivity index (χ0) is 17.1. The number of hydrogen-bond donors (Lipinski definition) is 0. The van der Waals surface area contributed by atoms with Crippen molar-refractivity contribution in [2.24, 2.45) is 12.0 Å². The van der Waals surface area contributed by atoms with Crippen molar-refractivity contribution in [1.29, 1.82) is 0 Å². The Hall–Kier alpha value is -2.11. The maximum absolute atomic E-state index is 12.3. The second-order valence-electron chi connectivity index (χ2n) is 5.31. The lowest BCUT2D eigenvalue weighted by atomic mass is 10.1. The van der Waals surface area contributed by atoms with Gasteiger partial charge in [0.15, 0.2) is 4.80 Å². The molecule has 4 nitrogen and oxygen atoms in total. The molecule has 3 rings (SSSR count). The number of hydrogen-bond acceptors (Lipinski definition) is 3. The third-order valence-electron chi connectivity index (χ3n) is 3.58. The van der Waals surface area contributed by atoms with Gasteiger partial charge in [-0.25, -0.2) is 0 Å². The van der Waals surface area contributed by atoms with E-state index in [4.69, 9.17) is 16.3 Å². The van der Waals surface area contributed by atoms with E-state index >= 15 is 0 Å². The lowest BCUT2D eigenvalue weighted by Crippen LogP contribution is -2.14. The molecule has 2 aromatic carbocycles. The summed E-state index contributed by atoms with van der Waals surface area (Å²) in [6.07, 6.45) is 0.265. The van der Waals surface area contributed by atoms with Gasteiger partial charge in [0.2, 0.25) is 0 Å². The van der Waals surface area contributed by atoms with Crippen LogP contribution in [0.3, 0.4) is 0 Å². The van der Waals surface area contributed by atoms with E-state index < -0.39 is 0 Å². The topological polar surface area (TPSA) is 43.6 Å². The quantitative estimate of drug-likeness (QED) is 0.706. The Bertz CT molecular complexity index is 942. The van der Waals surface area contributed by atoms with Gasteiger partial charge in [-0.2, -0.15) is 4.99 Å². The van der Waals surface area contributed by atoms with Crippen molar-refractivity contribution in [2.45, 2.75) is 13.3 Å². The lowest BCUT2D eigenvalue weighted by Gasteiger charge is -2.03. The molecule has 0 bridgehead atoms. The summed E-state index contributed by atoms with van der Waals surface area (Å²) >= 11 is 7.48. The molecular weight excluding hydrogens is 344 g/mol. The minimum atomic E-state index is -0.174. The van der Waals surface area contributed by atoms with Gasteiger partial charge in [0.05, 0.1) is 23.2 Å². The fourth-order valence-corrected chi connectivity index (χ4v) is 3.72. The van der Waals surface area contributed by atoms with Crippen LogP contribution in [0.2, 0.25) is 5.02 Å². The van der Waals surface area contributed by atoms with Crippen LogP contribution < -0.4 is 9.54 Å². The molecule has 1 heterocycles. The number of halogens is 1. The predicted molar refractivity (Wildman–Crippen MR) is 97.7 cm³/mol. The van der Waals surface area contributed by atoms with Crippen molar-refractivity contribution in [2.75, 3.05) is 6.61 Å². The Balaban J connectivity index is 1.83. The number of amides is 1. The fraction of sp³-hybridized carbons (Fsp3) is 0.222. The van der Waals surface area contributed by atoms with Gasteiger partial charge >= 0.3 is 0 Å².